The summed E-state index contributed by atoms with van der Waals surface area (Å²) in [6.07, 6.45) is 3.19. The van der Waals surface area contributed by atoms with Crippen LogP contribution in [0.3, 0.4) is 0 Å². The third-order valence-corrected chi connectivity index (χ3v) is 4.87. The Morgan fingerprint density at radius 1 is 1.15 bits per heavy atom. The van der Waals surface area contributed by atoms with Crippen molar-refractivity contribution in [2.24, 2.45) is 0 Å². The minimum Gasteiger partial charge on any atom is -0.417 e. The van der Waals surface area contributed by atoms with E-state index in [4.69, 9.17) is 16.0 Å². The molecule has 2 aromatic heterocycles. The van der Waals surface area contributed by atoms with Crippen LogP contribution in [0.5, 0.6) is 0 Å². The van der Waals surface area contributed by atoms with E-state index < -0.39 is 0 Å². The maximum Gasteiger partial charge on any atom is 0.246 e. The van der Waals surface area contributed by atoms with Crippen molar-refractivity contribution in [1.29, 1.82) is 0 Å². The quantitative estimate of drug-likeness (QED) is 0.487. The second-order valence-electron chi connectivity index (χ2n) is 6.47. The number of aromatic nitrogens is 3. The molecule has 0 unspecified atom stereocenters. The Morgan fingerprint density at radius 3 is 2.67 bits per heavy atom. The Balaban J connectivity index is 1.40. The van der Waals surface area contributed by atoms with Crippen LogP contribution in [0.25, 0.3) is 17.2 Å². The van der Waals surface area contributed by atoms with Crippen LogP contribution in [-0.2, 0) is 17.6 Å². The van der Waals surface area contributed by atoms with Gasteiger partial charge in [-0.2, -0.15) is 4.52 Å². The maximum atomic E-state index is 12.3. The number of carbonyl (C=O) groups is 1. The van der Waals surface area contributed by atoms with Crippen molar-refractivity contribution in [3.05, 3.63) is 76.7 Å². The molecule has 0 amide bonds. The molecule has 4 aromatic rings. The number of fused-ring (bicyclic) bond motifs is 1. The van der Waals surface area contributed by atoms with Gasteiger partial charge in [-0.15, -0.1) is 5.10 Å². The van der Waals surface area contributed by atoms with Crippen LogP contribution in [0.1, 0.15) is 23.4 Å². The van der Waals surface area contributed by atoms with Crippen molar-refractivity contribution in [3.63, 3.8) is 0 Å². The normalized spacial score (nSPS) is 11.2. The number of hydrogen-bond donors (Lipinski definition) is 0. The van der Waals surface area contributed by atoms with Gasteiger partial charge in [0.25, 0.3) is 0 Å². The van der Waals surface area contributed by atoms with E-state index in [1.54, 1.807) is 10.7 Å². The summed E-state index contributed by atoms with van der Waals surface area (Å²) in [5.74, 6) is 1.50. The van der Waals surface area contributed by atoms with Crippen molar-refractivity contribution in [2.75, 3.05) is 0 Å². The van der Waals surface area contributed by atoms with Crippen molar-refractivity contribution < 1.29 is 9.21 Å². The molecule has 0 aliphatic carbocycles. The molecular weight excluding hydrogens is 362 g/mol. The predicted octanol–water partition coefficient (Wildman–Crippen LogP) is 4.70. The lowest BCUT2D eigenvalue weighted by Gasteiger charge is -2.04. The Kier molecular flexibility index (Phi) is 4.77. The molecule has 0 N–H and O–H groups in total. The van der Waals surface area contributed by atoms with Crippen LogP contribution >= 0.6 is 11.6 Å². The molecule has 2 heterocycles. The summed E-state index contributed by atoms with van der Waals surface area (Å²) in [5.41, 5.74) is 3.46. The van der Waals surface area contributed by atoms with Gasteiger partial charge in [0, 0.05) is 23.4 Å². The minimum absolute atomic E-state index is 0.190. The molecule has 0 radical (unpaired) electrons. The van der Waals surface area contributed by atoms with Gasteiger partial charge >= 0.3 is 0 Å². The zero-order valence-corrected chi connectivity index (χ0v) is 15.6. The highest BCUT2D eigenvalue weighted by Crippen LogP contribution is 2.22. The fourth-order valence-electron chi connectivity index (χ4n) is 2.99. The average molecular weight is 380 g/mol. The van der Waals surface area contributed by atoms with Crippen molar-refractivity contribution in [1.82, 2.24) is 14.6 Å². The number of rotatable bonds is 6. The molecule has 0 bridgehead atoms. The molecule has 5 nitrogen and oxygen atoms in total. The van der Waals surface area contributed by atoms with Gasteiger partial charge in [-0.3, -0.25) is 4.79 Å². The highest BCUT2D eigenvalue weighted by molar-refractivity contribution is 6.31. The molecule has 0 spiro atoms. The van der Waals surface area contributed by atoms with Crippen LogP contribution in [0, 0.1) is 6.92 Å². The van der Waals surface area contributed by atoms with E-state index in [-0.39, 0.29) is 5.78 Å². The molecule has 0 aliphatic rings. The zero-order chi connectivity index (χ0) is 18.8. The number of hydrogen-bond acceptors (Lipinski definition) is 4. The number of aryl methyl sites for hydroxylation is 2. The molecule has 6 heteroatoms. The molecule has 0 fully saturated rings. The average Bonchev–Trinajstić information content (AvgIpc) is 3.24. The summed E-state index contributed by atoms with van der Waals surface area (Å²) in [7, 11) is 0. The summed E-state index contributed by atoms with van der Waals surface area (Å²) >= 11 is 6.14. The first-order chi connectivity index (χ1) is 13.1. The number of nitrogens with zero attached hydrogens (tertiary/aromatic N) is 3. The van der Waals surface area contributed by atoms with Gasteiger partial charge < -0.3 is 4.42 Å². The van der Waals surface area contributed by atoms with E-state index in [1.807, 2.05) is 55.5 Å². The van der Waals surface area contributed by atoms with Crippen LogP contribution < -0.4 is 0 Å². The third-order valence-electron chi connectivity index (χ3n) is 4.50. The summed E-state index contributed by atoms with van der Waals surface area (Å²) in [6.45, 7) is 1.87. The molecular formula is C21H18ClN3O2. The first kappa shape index (κ1) is 17.5. The van der Waals surface area contributed by atoms with Crippen LogP contribution in [0.15, 0.2) is 59.1 Å². The number of carbonyl (C=O) groups excluding carboxylic acids is 1. The highest BCUT2D eigenvalue weighted by atomic mass is 35.5. The van der Waals surface area contributed by atoms with E-state index in [2.05, 4.69) is 10.1 Å². The van der Waals surface area contributed by atoms with Crippen LogP contribution in [-0.4, -0.2) is 20.4 Å². The lowest BCUT2D eigenvalue weighted by molar-refractivity contribution is -0.118. The summed E-state index contributed by atoms with van der Waals surface area (Å²) in [6, 6.07) is 15.4. The van der Waals surface area contributed by atoms with Crippen LogP contribution in [0.2, 0.25) is 5.02 Å². The Hall–Kier alpha value is -2.92. The molecule has 2 aromatic carbocycles. The Morgan fingerprint density at radius 2 is 1.93 bits per heavy atom. The van der Waals surface area contributed by atoms with Gasteiger partial charge in [0.2, 0.25) is 11.6 Å². The van der Waals surface area contributed by atoms with Crippen molar-refractivity contribution in [3.8, 4) is 11.5 Å². The lowest BCUT2D eigenvalue weighted by Crippen LogP contribution is -2.04. The Labute approximate surface area is 161 Å². The number of Topliss-reactive ketones (excluding diaryl/α,β-unsaturated/α-hetero) is 1. The zero-order valence-electron chi connectivity index (χ0n) is 14.9. The molecule has 0 aliphatic heterocycles. The minimum atomic E-state index is 0.190. The monoisotopic (exact) mass is 379 g/mol. The Bertz CT molecular complexity index is 1100. The second-order valence-corrected chi connectivity index (χ2v) is 6.87. The van der Waals surface area contributed by atoms with Gasteiger partial charge in [0.15, 0.2) is 0 Å². The summed E-state index contributed by atoms with van der Waals surface area (Å²) in [5, 5.41) is 5.12. The topological polar surface area (TPSA) is 60.4 Å². The first-order valence-electron chi connectivity index (χ1n) is 8.76. The first-order valence-corrected chi connectivity index (χ1v) is 9.13. The van der Waals surface area contributed by atoms with Gasteiger partial charge in [0.05, 0.1) is 6.20 Å². The molecule has 4 rings (SSSR count). The largest absolute Gasteiger partial charge is 0.417 e. The van der Waals surface area contributed by atoms with E-state index >= 15 is 0 Å². The van der Waals surface area contributed by atoms with Crippen molar-refractivity contribution >= 4 is 23.1 Å². The predicted molar refractivity (Wildman–Crippen MR) is 104 cm³/mol. The fraction of sp³-hybridized carbons (Fsp3) is 0.190. The lowest BCUT2D eigenvalue weighted by atomic mass is 10.0. The standard InChI is InChI=1S/C21H18ClN3O2/c1-14-23-13-20-25(14)24-21(27-20)17-8-6-15(7-9-17)12-18(26)11-10-16-4-2-3-5-19(16)22/h2-9,13H,10-12H2,1H3. The van der Waals surface area contributed by atoms with E-state index in [9.17, 15) is 4.79 Å². The number of benzene rings is 2. The summed E-state index contributed by atoms with van der Waals surface area (Å²) in [4.78, 5) is 16.4. The van der Waals surface area contributed by atoms with Crippen molar-refractivity contribution in [2.45, 2.75) is 26.2 Å². The molecule has 0 saturated carbocycles. The van der Waals surface area contributed by atoms with Gasteiger partial charge in [-0.25, -0.2) is 4.98 Å². The van der Waals surface area contributed by atoms with E-state index in [1.165, 1.54) is 0 Å². The van der Waals surface area contributed by atoms with E-state index in [0.717, 1.165) is 22.5 Å². The second kappa shape index (κ2) is 7.37. The smallest absolute Gasteiger partial charge is 0.246 e. The maximum absolute atomic E-state index is 12.3. The molecule has 0 saturated heterocycles. The molecule has 0 atom stereocenters. The number of imidazole rings is 1. The number of halogens is 1. The van der Waals surface area contributed by atoms with Gasteiger partial charge in [-0.1, -0.05) is 41.9 Å². The number of ketones is 1. The molecule has 136 valence electrons. The van der Waals surface area contributed by atoms with Gasteiger partial charge in [0.1, 0.15) is 11.6 Å². The molecule has 27 heavy (non-hydrogen) atoms. The van der Waals surface area contributed by atoms with Gasteiger partial charge in [-0.05, 0) is 42.7 Å². The van der Waals surface area contributed by atoms with Crippen LogP contribution in [0.4, 0.5) is 0 Å². The van der Waals surface area contributed by atoms with E-state index in [0.29, 0.717) is 35.9 Å². The highest BCUT2D eigenvalue weighted by Gasteiger charge is 2.11. The third kappa shape index (κ3) is 3.78. The SMILES string of the molecule is Cc1ncc2oc(-c3ccc(CC(=O)CCc4ccccc4Cl)cc3)nn12. The summed E-state index contributed by atoms with van der Waals surface area (Å²) < 4.78 is 7.37. The fourth-order valence-corrected chi connectivity index (χ4v) is 3.22.